The van der Waals surface area contributed by atoms with Crippen LogP contribution in [0, 0.1) is 17.5 Å². The Kier molecular flexibility index (Phi) is 6.12. The van der Waals surface area contributed by atoms with Gasteiger partial charge in [-0.05, 0) is 48.6 Å². The Labute approximate surface area is 137 Å². The van der Waals surface area contributed by atoms with Crippen LogP contribution in [-0.4, -0.2) is 0 Å². The molecule has 0 aliphatic carbocycles. The van der Waals surface area contributed by atoms with Crippen molar-refractivity contribution in [1.29, 1.82) is 0 Å². The standard InChI is InChI=1S/C19H17F5/c1-2-3-16(21)19(24)14-8-7-13(17(22)11-14)6-4-12-5-9-15(20)18(23)10-12/h5,7-11H,2-4,6H2,1H3. The molecular weight excluding hydrogens is 323 g/mol. The van der Waals surface area contributed by atoms with Crippen LogP contribution >= 0.6 is 0 Å². The van der Waals surface area contributed by atoms with Gasteiger partial charge in [0.25, 0.3) is 0 Å². The van der Waals surface area contributed by atoms with E-state index >= 15 is 0 Å². The van der Waals surface area contributed by atoms with Gasteiger partial charge in [0.05, 0.1) is 0 Å². The summed E-state index contributed by atoms with van der Waals surface area (Å²) in [5, 5.41) is 0. The molecule has 0 amide bonds. The van der Waals surface area contributed by atoms with Gasteiger partial charge in [-0.1, -0.05) is 25.1 Å². The first kappa shape index (κ1) is 18.2. The average Bonchev–Trinajstić information content (AvgIpc) is 2.56. The lowest BCUT2D eigenvalue weighted by Gasteiger charge is -2.07. The van der Waals surface area contributed by atoms with E-state index in [1.165, 1.54) is 18.2 Å². The minimum Gasteiger partial charge on any atom is -0.209 e. The van der Waals surface area contributed by atoms with Gasteiger partial charge in [-0.2, -0.15) is 0 Å². The van der Waals surface area contributed by atoms with E-state index in [2.05, 4.69) is 0 Å². The van der Waals surface area contributed by atoms with Gasteiger partial charge in [0.2, 0.25) is 0 Å². The molecule has 5 heteroatoms. The van der Waals surface area contributed by atoms with E-state index < -0.39 is 29.1 Å². The summed E-state index contributed by atoms with van der Waals surface area (Å²) < 4.78 is 67.3. The van der Waals surface area contributed by atoms with Crippen LogP contribution < -0.4 is 0 Å². The molecule has 0 aliphatic rings. The van der Waals surface area contributed by atoms with Crippen LogP contribution in [0.4, 0.5) is 22.0 Å². The second kappa shape index (κ2) is 8.08. The molecule has 24 heavy (non-hydrogen) atoms. The summed E-state index contributed by atoms with van der Waals surface area (Å²) in [5.74, 6) is -4.50. The molecule has 0 radical (unpaired) electrons. The lowest BCUT2D eigenvalue weighted by Crippen LogP contribution is -1.97. The second-order valence-corrected chi connectivity index (χ2v) is 5.52. The molecule has 0 saturated heterocycles. The normalized spacial score (nSPS) is 12.2. The molecule has 0 bridgehead atoms. The van der Waals surface area contributed by atoms with Crippen molar-refractivity contribution in [3.05, 3.63) is 76.4 Å². The molecule has 128 valence electrons. The van der Waals surface area contributed by atoms with Crippen LogP contribution in [0.25, 0.3) is 5.83 Å². The molecule has 0 atom stereocenters. The Morgan fingerprint density at radius 3 is 2.21 bits per heavy atom. The van der Waals surface area contributed by atoms with Crippen LogP contribution in [0.1, 0.15) is 36.5 Å². The first-order chi connectivity index (χ1) is 11.4. The molecule has 0 aromatic heterocycles. The van der Waals surface area contributed by atoms with Crippen molar-refractivity contribution < 1.29 is 22.0 Å². The quantitative estimate of drug-likeness (QED) is 0.542. The third-order valence-corrected chi connectivity index (χ3v) is 3.68. The maximum absolute atomic E-state index is 14.1. The Morgan fingerprint density at radius 1 is 0.833 bits per heavy atom. The molecule has 0 spiro atoms. The number of allylic oxidation sites excluding steroid dienone is 1. The Morgan fingerprint density at radius 2 is 1.58 bits per heavy atom. The highest BCUT2D eigenvalue weighted by atomic mass is 19.2. The van der Waals surface area contributed by atoms with Gasteiger partial charge in [0, 0.05) is 12.0 Å². The molecule has 2 aromatic carbocycles. The topological polar surface area (TPSA) is 0 Å². The van der Waals surface area contributed by atoms with Crippen molar-refractivity contribution in [1.82, 2.24) is 0 Å². The zero-order valence-electron chi connectivity index (χ0n) is 13.2. The van der Waals surface area contributed by atoms with Crippen LogP contribution in [0.2, 0.25) is 0 Å². The highest BCUT2D eigenvalue weighted by Crippen LogP contribution is 2.26. The Hall–Kier alpha value is -2.17. The fraction of sp³-hybridized carbons (Fsp3) is 0.263. The molecule has 0 unspecified atom stereocenters. The SMILES string of the molecule is CCCC(F)=C(F)c1ccc(CCc2ccc(F)c(F)c2)c(F)c1. The largest absolute Gasteiger partial charge is 0.209 e. The molecule has 0 N–H and O–H groups in total. The number of hydrogen-bond donors (Lipinski definition) is 0. The fourth-order valence-corrected chi connectivity index (χ4v) is 2.35. The number of benzene rings is 2. The zero-order chi connectivity index (χ0) is 17.7. The van der Waals surface area contributed by atoms with E-state index in [0.717, 1.165) is 18.2 Å². The number of halogens is 5. The predicted octanol–water partition coefficient (Wildman–Crippen LogP) is 6.30. The van der Waals surface area contributed by atoms with E-state index in [1.54, 1.807) is 6.92 Å². The van der Waals surface area contributed by atoms with Crippen molar-refractivity contribution in [2.75, 3.05) is 0 Å². The van der Waals surface area contributed by atoms with Crippen molar-refractivity contribution in [3.8, 4) is 0 Å². The van der Waals surface area contributed by atoms with E-state index in [-0.39, 0.29) is 18.4 Å². The van der Waals surface area contributed by atoms with Gasteiger partial charge in [-0.3, -0.25) is 0 Å². The highest BCUT2D eigenvalue weighted by Gasteiger charge is 2.12. The molecule has 2 aromatic rings. The van der Waals surface area contributed by atoms with Crippen LogP contribution in [0.3, 0.4) is 0 Å². The van der Waals surface area contributed by atoms with Gasteiger partial charge in [0.15, 0.2) is 17.5 Å². The summed E-state index contributed by atoms with van der Waals surface area (Å²) in [7, 11) is 0. The fourth-order valence-electron chi connectivity index (χ4n) is 2.35. The summed E-state index contributed by atoms with van der Waals surface area (Å²) in [4.78, 5) is 0. The van der Waals surface area contributed by atoms with Gasteiger partial charge < -0.3 is 0 Å². The zero-order valence-corrected chi connectivity index (χ0v) is 13.2. The molecule has 0 saturated carbocycles. The summed E-state index contributed by atoms with van der Waals surface area (Å²) in [6, 6.07) is 7.14. The molecule has 0 heterocycles. The van der Waals surface area contributed by atoms with Crippen LogP contribution in [-0.2, 0) is 12.8 Å². The molecular formula is C19H17F5. The van der Waals surface area contributed by atoms with E-state index in [1.807, 2.05) is 0 Å². The second-order valence-electron chi connectivity index (χ2n) is 5.52. The molecule has 0 nitrogen and oxygen atoms in total. The Balaban J connectivity index is 2.12. The molecule has 0 fully saturated rings. The van der Waals surface area contributed by atoms with Gasteiger partial charge >= 0.3 is 0 Å². The van der Waals surface area contributed by atoms with E-state index in [9.17, 15) is 22.0 Å². The lowest BCUT2D eigenvalue weighted by molar-refractivity contribution is 0.507. The summed E-state index contributed by atoms with van der Waals surface area (Å²) in [6.07, 6.45) is 0.954. The monoisotopic (exact) mass is 340 g/mol. The van der Waals surface area contributed by atoms with E-state index in [4.69, 9.17) is 0 Å². The minimum atomic E-state index is -1.05. The Bertz CT molecular complexity index is 749. The first-order valence-corrected chi connectivity index (χ1v) is 7.69. The smallest absolute Gasteiger partial charge is 0.161 e. The minimum absolute atomic E-state index is 0.0364. The first-order valence-electron chi connectivity index (χ1n) is 7.69. The number of rotatable bonds is 6. The highest BCUT2D eigenvalue weighted by molar-refractivity contribution is 5.61. The lowest BCUT2D eigenvalue weighted by atomic mass is 10.0. The third kappa shape index (κ3) is 4.43. The third-order valence-electron chi connectivity index (χ3n) is 3.68. The summed E-state index contributed by atoms with van der Waals surface area (Å²) in [6.45, 7) is 1.72. The molecule has 0 aliphatic heterocycles. The van der Waals surface area contributed by atoms with Crippen molar-refractivity contribution >= 4 is 5.83 Å². The predicted molar refractivity (Wildman–Crippen MR) is 84.2 cm³/mol. The summed E-state index contributed by atoms with van der Waals surface area (Å²) in [5.41, 5.74) is 0.680. The van der Waals surface area contributed by atoms with Crippen molar-refractivity contribution in [3.63, 3.8) is 0 Å². The maximum atomic E-state index is 14.1. The van der Waals surface area contributed by atoms with Gasteiger partial charge in [-0.15, -0.1) is 0 Å². The van der Waals surface area contributed by atoms with Crippen LogP contribution in [0.5, 0.6) is 0 Å². The number of hydrogen-bond acceptors (Lipinski definition) is 0. The maximum Gasteiger partial charge on any atom is 0.161 e. The molecule has 2 rings (SSSR count). The number of aryl methyl sites for hydroxylation is 2. The van der Waals surface area contributed by atoms with Crippen molar-refractivity contribution in [2.45, 2.75) is 32.6 Å². The van der Waals surface area contributed by atoms with Crippen LogP contribution in [0.15, 0.2) is 42.2 Å². The average molecular weight is 340 g/mol. The van der Waals surface area contributed by atoms with Gasteiger partial charge in [0.1, 0.15) is 11.6 Å². The summed E-state index contributed by atoms with van der Waals surface area (Å²) >= 11 is 0. The van der Waals surface area contributed by atoms with E-state index in [0.29, 0.717) is 24.0 Å². The van der Waals surface area contributed by atoms with Crippen molar-refractivity contribution in [2.24, 2.45) is 0 Å². The van der Waals surface area contributed by atoms with Gasteiger partial charge in [-0.25, -0.2) is 22.0 Å².